The van der Waals surface area contributed by atoms with Crippen molar-refractivity contribution in [2.75, 3.05) is 27.4 Å². The van der Waals surface area contributed by atoms with Gasteiger partial charge in [-0.1, -0.05) is 6.07 Å². The molecule has 0 aliphatic rings. The van der Waals surface area contributed by atoms with E-state index in [9.17, 15) is 9.59 Å². The zero-order chi connectivity index (χ0) is 16.7. The summed E-state index contributed by atoms with van der Waals surface area (Å²) in [6.07, 6.45) is 0.358. The maximum Gasteiger partial charge on any atom is 0.357 e. The summed E-state index contributed by atoms with van der Waals surface area (Å²) in [5.74, 6) is -0.458. The van der Waals surface area contributed by atoms with E-state index < -0.39 is 5.97 Å². The number of hydrogen-bond acceptors (Lipinski definition) is 7. The minimum Gasteiger partial charge on any atom is -0.464 e. The summed E-state index contributed by atoms with van der Waals surface area (Å²) < 4.78 is 9.72. The molecule has 2 aromatic heterocycles. The summed E-state index contributed by atoms with van der Waals surface area (Å²) in [4.78, 5) is 30.9. The monoisotopic (exact) mass is 354 g/mol. The van der Waals surface area contributed by atoms with Crippen molar-refractivity contribution in [1.29, 1.82) is 0 Å². The average molecular weight is 354 g/mol. The van der Waals surface area contributed by atoms with Crippen LogP contribution >= 0.6 is 22.7 Å². The van der Waals surface area contributed by atoms with Crippen LogP contribution < -0.4 is 0 Å². The van der Waals surface area contributed by atoms with Crippen molar-refractivity contribution in [3.63, 3.8) is 0 Å². The van der Waals surface area contributed by atoms with Crippen LogP contribution in [-0.4, -0.2) is 49.1 Å². The van der Waals surface area contributed by atoms with E-state index in [2.05, 4.69) is 9.72 Å². The molecule has 8 heteroatoms. The second kappa shape index (κ2) is 8.76. The summed E-state index contributed by atoms with van der Waals surface area (Å²) in [5, 5.41) is 4.28. The minimum atomic E-state index is -0.471. The Balaban J connectivity index is 2.03. The van der Waals surface area contributed by atoms with Crippen LogP contribution in [0, 0.1) is 0 Å². The molecule has 0 bridgehead atoms. The lowest BCUT2D eigenvalue weighted by molar-refractivity contribution is -0.131. The van der Waals surface area contributed by atoms with Crippen molar-refractivity contribution in [1.82, 2.24) is 9.88 Å². The highest BCUT2D eigenvalue weighted by Crippen LogP contribution is 2.16. The van der Waals surface area contributed by atoms with Crippen molar-refractivity contribution in [3.05, 3.63) is 38.5 Å². The standard InChI is InChI=1S/C15H18N2O4S2/c1-20-6-5-17(14(18)8-11-4-3-7-22-11)9-13-16-12(10-23-13)15(19)21-2/h3-4,7,10H,5-6,8-9H2,1-2H3. The van der Waals surface area contributed by atoms with Crippen LogP contribution in [0.4, 0.5) is 0 Å². The lowest BCUT2D eigenvalue weighted by Gasteiger charge is -2.21. The molecule has 124 valence electrons. The van der Waals surface area contributed by atoms with Gasteiger partial charge in [0.05, 0.1) is 26.7 Å². The number of carbonyl (C=O) groups excluding carboxylic acids is 2. The molecule has 0 aliphatic carbocycles. The molecule has 23 heavy (non-hydrogen) atoms. The maximum atomic E-state index is 12.5. The van der Waals surface area contributed by atoms with Crippen molar-refractivity contribution in [2.24, 2.45) is 0 Å². The number of carbonyl (C=O) groups is 2. The Morgan fingerprint density at radius 3 is 2.78 bits per heavy atom. The van der Waals surface area contributed by atoms with E-state index in [1.165, 1.54) is 18.4 Å². The van der Waals surface area contributed by atoms with Gasteiger partial charge in [-0.2, -0.15) is 0 Å². The summed E-state index contributed by atoms with van der Waals surface area (Å²) in [7, 11) is 2.91. The van der Waals surface area contributed by atoms with Crippen LogP contribution in [0.25, 0.3) is 0 Å². The van der Waals surface area contributed by atoms with E-state index in [4.69, 9.17) is 4.74 Å². The van der Waals surface area contributed by atoms with E-state index in [1.807, 2.05) is 17.5 Å². The first-order chi connectivity index (χ1) is 11.1. The third-order valence-corrected chi connectivity index (χ3v) is 4.81. The maximum absolute atomic E-state index is 12.5. The number of thiophene rings is 1. The average Bonchev–Trinajstić information content (AvgIpc) is 3.22. The topological polar surface area (TPSA) is 68.7 Å². The van der Waals surface area contributed by atoms with Gasteiger partial charge in [-0.05, 0) is 11.4 Å². The molecule has 0 unspecified atom stereocenters. The number of amides is 1. The number of methoxy groups -OCH3 is 2. The Labute approximate surface area is 142 Å². The quantitative estimate of drug-likeness (QED) is 0.680. The minimum absolute atomic E-state index is 0.0133. The van der Waals surface area contributed by atoms with Crippen LogP contribution in [0.1, 0.15) is 20.4 Å². The van der Waals surface area contributed by atoms with Gasteiger partial charge in [-0.3, -0.25) is 4.79 Å². The molecule has 6 nitrogen and oxygen atoms in total. The van der Waals surface area contributed by atoms with Crippen molar-refractivity contribution < 1.29 is 19.1 Å². The number of thiazole rings is 1. The molecule has 0 saturated heterocycles. The molecule has 0 saturated carbocycles. The molecule has 2 heterocycles. The van der Waals surface area contributed by atoms with Gasteiger partial charge in [0.2, 0.25) is 5.91 Å². The Kier molecular flexibility index (Phi) is 6.69. The SMILES string of the molecule is COCCN(Cc1nc(C(=O)OC)cs1)C(=O)Cc1cccs1. The van der Waals surface area contributed by atoms with Gasteiger partial charge in [-0.15, -0.1) is 22.7 Å². The molecule has 0 fully saturated rings. The van der Waals surface area contributed by atoms with Gasteiger partial charge in [0, 0.05) is 23.9 Å². The normalized spacial score (nSPS) is 10.5. The number of hydrogen-bond donors (Lipinski definition) is 0. The highest BCUT2D eigenvalue weighted by atomic mass is 32.1. The molecule has 0 aliphatic heterocycles. The fourth-order valence-electron chi connectivity index (χ4n) is 1.91. The van der Waals surface area contributed by atoms with Gasteiger partial charge in [0.25, 0.3) is 0 Å². The predicted molar refractivity (Wildman–Crippen MR) is 88.8 cm³/mol. The highest BCUT2D eigenvalue weighted by Gasteiger charge is 2.18. The Bertz CT molecular complexity index is 640. The van der Waals surface area contributed by atoms with Crippen LogP contribution in [0.3, 0.4) is 0 Å². The van der Waals surface area contributed by atoms with Gasteiger partial charge >= 0.3 is 5.97 Å². The number of aromatic nitrogens is 1. The molecule has 2 rings (SSSR count). The molecule has 0 aromatic carbocycles. The Morgan fingerprint density at radius 1 is 1.30 bits per heavy atom. The van der Waals surface area contributed by atoms with E-state index in [0.29, 0.717) is 31.1 Å². The van der Waals surface area contributed by atoms with E-state index in [1.54, 1.807) is 28.7 Å². The van der Waals surface area contributed by atoms with Gasteiger partial charge < -0.3 is 14.4 Å². The summed E-state index contributed by atoms with van der Waals surface area (Å²) in [6, 6.07) is 3.87. The first-order valence-electron chi connectivity index (χ1n) is 6.96. The largest absolute Gasteiger partial charge is 0.464 e. The summed E-state index contributed by atoms with van der Waals surface area (Å²) in [6.45, 7) is 1.29. The molecular formula is C15H18N2O4S2. The third-order valence-electron chi connectivity index (χ3n) is 3.10. The van der Waals surface area contributed by atoms with Crippen molar-refractivity contribution in [3.8, 4) is 0 Å². The van der Waals surface area contributed by atoms with E-state index in [0.717, 1.165) is 4.88 Å². The number of nitrogens with zero attached hydrogens (tertiary/aromatic N) is 2. The number of ether oxygens (including phenoxy) is 2. The fraction of sp³-hybridized carbons (Fsp3) is 0.400. The Morgan fingerprint density at radius 2 is 2.13 bits per heavy atom. The number of rotatable bonds is 8. The zero-order valence-corrected chi connectivity index (χ0v) is 14.6. The second-order valence-electron chi connectivity index (χ2n) is 4.68. The molecule has 0 N–H and O–H groups in total. The first-order valence-corrected chi connectivity index (χ1v) is 8.71. The van der Waals surface area contributed by atoms with Gasteiger partial charge in [-0.25, -0.2) is 9.78 Å². The molecule has 1 amide bonds. The lowest BCUT2D eigenvalue weighted by atomic mass is 10.3. The molecule has 2 aromatic rings. The Hall–Kier alpha value is -1.77. The summed E-state index contributed by atoms with van der Waals surface area (Å²) >= 11 is 2.89. The second-order valence-corrected chi connectivity index (χ2v) is 6.66. The molecular weight excluding hydrogens is 336 g/mol. The van der Waals surface area contributed by atoms with Gasteiger partial charge in [0.1, 0.15) is 5.01 Å². The number of esters is 1. The smallest absolute Gasteiger partial charge is 0.357 e. The van der Waals surface area contributed by atoms with Crippen molar-refractivity contribution >= 4 is 34.6 Å². The van der Waals surface area contributed by atoms with E-state index in [-0.39, 0.29) is 11.6 Å². The van der Waals surface area contributed by atoms with Crippen LogP contribution in [0.15, 0.2) is 22.9 Å². The summed E-state index contributed by atoms with van der Waals surface area (Å²) in [5.41, 5.74) is 0.268. The third kappa shape index (κ3) is 5.12. The van der Waals surface area contributed by atoms with Crippen LogP contribution in [0.5, 0.6) is 0 Å². The van der Waals surface area contributed by atoms with Crippen molar-refractivity contribution in [2.45, 2.75) is 13.0 Å². The fourth-order valence-corrected chi connectivity index (χ4v) is 3.39. The lowest BCUT2D eigenvalue weighted by Crippen LogP contribution is -2.34. The van der Waals surface area contributed by atoms with Gasteiger partial charge in [0.15, 0.2) is 5.69 Å². The van der Waals surface area contributed by atoms with Crippen LogP contribution in [0.2, 0.25) is 0 Å². The first kappa shape index (κ1) is 17.6. The predicted octanol–water partition coefficient (Wildman–Crippen LogP) is 2.21. The van der Waals surface area contributed by atoms with Crippen LogP contribution in [-0.2, 0) is 27.2 Å². The zero-order valence-electron chi connectivity index (χ0n) is 13.0. The highest BCUT2D eigenvalue weighted by molar-refractivity contribution is 7.10. The molecule has 0 spiro atoms. The molecule has 0 atom stereocenters. The molecule has 0 radical (unpaired) electrons. The van der Waals surface area contributed by atoms with E-state index >= 15 is 0 Å².